The number of benzene rings is 1. The lowest BCUT2D eigenvalue weighted by atomic mass is 10.1. The number of hydrogen-bond donors (Lipinski definition) is 1. The van der Waals surface area contributed by atoms with E-state index in [2.05, 4.69) is 5.10 Å². The van der Waals surface area contributed by atoms with Crippen molar-refractivity contribution in [3.05, 3.63) is 53.5 Å². The molecule has 1 N–H and O–H groups in total. The first-order valence-electron chi connectivity index (χ1n) is 7.44. The number of hydrazone groups is 1. The van der Waals surface area contributed by atoms with Gasteiger partial charge in [0.2, 0.25) is 0 Å². The molecule has 2 aromatic rings. The molecule has 1 atom stereocenters. The SMILES string of the molecule is O=C(c1ccc(COc2ccc(F)cc2F)o1)N1N=CCC1(O)C(F)(F)F. The minimum Gasteiger partial charge on any atom is -0.483 e. The van der Waals surface area contributed by atoms with Crippen molar-refractivity contribution in [3.8, 4) is 5.75 Å². The molecule has 0 saturated carbocycles. The van der Waals surface area contributed by atoms with Crippen molar-refractivity contribution in [1.29, 1.82) is 0 Å². The Balaban J connectivity index is 1.72. The Labute approximate surface area is 148 Å². The molecule has 11 heteroatoms. The number of carbonyl (C=O) groups excluding carboxylic acids is 1. The van der Waals surface area contributed by atoms with Gasteiger partial charge in [-0.1, -0.05) is 0 Å². The maximum atomic E-state index is 13.5. The monoisotopic (exact) mass is 390 g/mol. The largest absolute Gasteiger partial charge is 0.483 e. The minimum atomic E-state index is -5.13. The number of aliphatic hydroxyl groups is 1. The first-order chi connectivity index (χ1) is 12.6. The molecule has 2 heterocycles. The second kappa shape index (κ2) is 6.65. The summed E-state index contributed by atoms with van der Waals surface area (Å²) in [6.45, 7) is -0.372. The van der Waals surface area contributed by atoms with E-state index in [0.29, 0.717) is 6.07 Å². The van der Waals surface area contributed by atoms with Crippen LogP contribution in [0.1, 0.15) is 22.7 Å². The fraction of sp³-hybridized carbons (Fsp3) is 0.250. The maximum Gasteiger partial charge on any atom is 0.438 e. The lowest BCUT2D eigenvalue weighted by Gasteiger charge is -2.31. The zero-order valence-corrected chi connectivity index (χ0v) is 13.3. The Bertz CT molecular complexity index is 895. The van der Waals surface area contributed by atoms with Crippen LogP contribution in [0.15, 0.2) is 39.9 Å². The lowest BCUT2D eigenvalue weighted by Crippen LogP contribution is -2.56. The van der Waals surface area contributed by atoms with E-state index in [0.717, 1.165) is 24.4 Å². The van der Waals surface area contributed by atoms with Crippen LogP contribution in [0, 0.1) is 11.6 Å². The number of amides is 1. The summed E-state index contributed by atoms with van der Waals surface area (Å²) in [6.07, 6.45) is -5.28. The van der Waals surface area contributed by atoms with Crippen molar-refractivity contribution in [2.75, 3.05) is 0 Å². The summed E-state index contributed by atoms with van der Waals surface area (Å²) in [5.41, 5.74) is -3.47. The van der Waals surface area contributed by atoms with Crippen molar-refractivity contribution in [1.82, 2.24) is 5.01 Å². The topological polar surface area (TPSA) is 75.3 Å². The van der Waals surface area contributed by atoms with Gasteiger partial charge in [-0.3, -0.25) is 4.79 Å². The molecule has 0 radical (unpaired) electrons. The number of halogens is 5. The van der Waals surface area contributed by atoms with Crippen LogP contribution < -0.4 is 4.74 Å². The van der Waals surface area contributed by atoms with Gasteiger partial charge in [0, 0.05) is 18.7 Å². The summed E-state index contributed by atoms with van der Waals surface area (Å²) >= 11 is 0. The average molecular weight is 390 g/mol. The third-order valence-corrected chi connectivity index (χ3v) is 3.71. The Morgan fingerprint density at radius 2 is 2.04 bits per heavy atom. The Morgan fingerprint density at radius 3 is 2.70 bits per heavy atom. The number of nitrogens with zero attached hydrogens (tertiary/aromatic N) is 2. The Kier molecular flexibility index (Phi) is 4.64. The first kappa shape index (κ1) is 18.8. The van der Waals surface area contributed by atoms with Gasteiger partial charge in [-0.25, -0.2) is 8.78 Å². The molecule has 1 amide bonds. The van der Waals surface area contributed by atoms with E-state index in [1.165, 1.54) is 6.07 Å². The molecule has 6 nitrogen and oxygen atoms in total. The van der Waals surface area contributed by atoms with Crippen LogP contribution in [0.25, 0.3) is 0 Å². The number of carbonyl (C=O) groups is 1. The highest BCUT2D eigenvalue weighted by Crippen LogP contribution is 2.39. The van der Waals surface area contributed by atoms with Gasteiger partial charge >= 0.3 is 12.1 Å². The van der Waals surface area contributed by atoms with Crippen LogP contribution in [0.3, 0.4) is 0 Å². The second-order valence-electron chi connectivity index (χ2n) is 5.56. The molecule has 0 saturated heterocycles. The molecule has 1 aromatic heterocycles. The first-order valence-corrected chi connectivity index (χ1v) is 7.44. The molecule has 0 aliphatic carbocycles. The van der Waals surface area contributed by atoms with Crippen molar-refractivity contribution in [2.45, 2.75) is 24.9 Å². The quantitative estimate of drug-likeness (QED) is 0.814. The molecule has 1 aromatic carbocycles. The summed E-state index contributed by atoms with van der Waals surface area (Å²) in [5.74, 6) is -3.90. The predicted octanol–water partition coefficient (Wildman–Crippen LogP) is 3.22. The molecule has 0 fully saturated rings. The molecule has 144 valence electrons. The highest BCUT2D eigenvalue weighted by Gasteiger charge is 2.61. The van der Waals surface area contributed by atoms with Crippen molar-refractivity contribution >= 4 is 12.1 Å². The number of alkyl halides is 3. The van der Waals surface area contributed by atoms with Crippen molar-refractivity contribution < 1.29 is 41.0 Å². The van der Waals surface area contributed by atoms with E-state index in [4.69, 9.17) is 9.15 Å². The standard InChI is InChI=1S/C16H11F5N2O4/c17-9-1-3-12(11(18)7-9)26-8-10-2-4-13(27-10)14(24)23-15(25,5-6-22-23)16(19,20)21/h1-4,6-7,25H,5,8H2. The van der Waals surface area contributed by atoms with Crippen LogP contribution in [-0.2, 0) is 6.61 Å². The highest BCUT2D eigenvalue weighted by atomic mass is 19.4. The smallest absolute Gasteiger partial charge is 0.438 e. The summed E-state index contributed by atoms with van der Waals surface area (Å²) in [5, 5.41) is 12.9. The van der Waals surface area contributed by atoms with E-state index in [-0.39, 0.29) is 23.1 Å². The second-order valence-corrected chi connectivity index (χ2v) is 5.56. The lowest BCUT2D eigenvalue weighted by molar-refractivity contribution is -0.297. The predicted molar refractivity (Wildman–Crippen MR) is 79.7 cm³/mol. The molecule has 3 rings (SSSR count). The summed E-state index contributed by atoms with van der Waals surface area (Å²) < 4.78 is 75.5. The average Bonchev–Trinajstić information content (AvgIpc) is 3.20. The van der Waals surface area contributed by atoms with Crippen molar-refractivity contribution in [2.24, 2.45) is 5.10 Å². The van der Waals surface area contributed by atoms with Crippen LogP contribution >= 0.6 is 0 Å². The third-order valence-electron chi connectivity index (χ3n) is 3.71. The van der Waals surface area contributed by atoms with E-state index < -0.39 is 41.6 Å². The zero-order valence-electron chi connectivity index (χ0n) is 13.3. The maximum absolute atomic E-state index is 13.5. The Morgan fingerprint density at radius 1 is 1.30 bits per heavy atom. The van der Waals surface area contributed by atoms with Gasteiger partial charge in [0.1, 0.15) is 18.2 Å². The number of hydrogen-bond acceptors (Lipinski definition) is 5. The van der Waals surface area contributed by atoms with E-state index >= 15 is 0 Å². The number of rotatable bonds is 4. The summed E-state index contributed by atoms with van der Waals surface area (Å²) in [7, 11) is 0. The molecule has 1 aliphatic heterocycles. The van der Waals surface area contributed by atoms with Gasteiger partial charge in [0.25, 0.3) is 5.72 Å². The van der Waals surface area contributed by atoms with Crippen LogP contribution in [-0.4, -0.2) is 34.1 Å². The van der Waals surface area contributed by atoms with E-state index in [1.54, 1.807) is 0 Å². The normalized spacial score (nSPS) is 19.6. The number of ether oxygens (including phenoxy) is 1. The fourth-order valence-corrected chi connectivity index (χ4v) is 2.30. The summed E-state index contributed by atoms with van der Waals surface area (Å²) in [4.78, 5) is 12.2. The molecule has 27 heavy (non-hydrogen) atoms. The summed E-state index contributed by atoms with van der Waals surface area (Å²) in [6, 6.07) is 4.91. The number of furan rings is 1. The molecule has 1 unspecified atom stereocenters. The molecule has 1 aliphatic rings. The van der Waals surface area contributed by atoms with E-state index in [1.807, 2.05) is 0 Å². The Hall–Kier alpha value is -2.95. The molecule has 0 spiro atoms. The van der Waals surface area contributed by atoms with Gasteiger partial charge in [-0.15, -0.1) is 0 Å². The van der Waals surface area contributed by atoms with Crippen LogP contribution in [0.2, 0.25) is 0 Å². The van der Waals surface area contributed by atoms with Gasteiger partial charge in [0.15, 0.2) is 17.3 Å². The van der Waals surface area contributed by atoms with Gasteiger partial charge < -0.3 is 14.3 Å². The zero-order chi connectivity index (χ0) is 19.8. The molecular formula is C16H11F5N2O4. The van der Waals surface area contributed by atoms with Gasteiger partial charge in [0.05, 0.1) is 0 Å². The van der Waals surface area contributed by atoms with Gasteiger partial charge in [-0.05, 0) is 24.3 Å². The molecular weight excluding hydrogens is 379 g/mol. The van der Waals surface area contributed by atoms with Crippen LogP contribution in [0.5, 0.6) is 5.75 Å². The third kappa shape index (κ3) is 3.50. The minimum absolute atomic E-state index is 0.0131. The van der Waals surface area contributed by atoms with Gasteiger partial charge in [-0.2, -0.15) is 23.3 Å². The van der Waals surface area contributed by atoms with Crippen LogP contribution in [0.4, 0.5) is 22.0 Å². The van der Waals surface area contributed by atoms with E-state index in [9.17, 15) is 31.9 Å². The fourth-order valence-electron chi connectivity index (χ4n) is 2.30. The van der Waals surface area contributed by atoms with Crippen molar-refractivity contribution in [3.63, 3.8) is 0 Å². The highest BCUT2D eigenvalue weighted by molar-refractivity contribution is 5.93. The molecule has 0 bridgehead atoms.